The number of hydrogen-bond donors (Lipinski definition) is 1. The van der Waals surface area contributed by atoms with Gasteiger partial charge in [0.05, 0.1) is 19.2 Å². The summed E-state index contributed by atoms with van der Waals surface area (Å²) in [6.45, 7) is 2.93. The molecule has 0 spiro atoms. The van der Waals surface area contributed by atoms with Gasteiger partial charge in [0.15, 0.2) is 11.6 Å². The summed E-state index contributed by atoms with van der Waals surface area (Å²) in [4.78, 5) is 14.5. The normalized spacial score (nSPS) is 23.4. The summed E-state index contributed by atoms with van der Waals surface area (Å²) < 4.78 is 34.2. The summed E-state index contributed by atoms with van der Waals surface area (Å²) in [5, 5.41) is 7.81. The highest BCUT2D eigenvalue weighted by Crippen LogP contribution is 2.25. The zero-order valence-electron chi connectivity index (χ0n) is 14.9. The molecule has 2 aliphatic heterocycles. The topological polar surface area (TPSA) is 59.4 Å². The molecular weight excluding hydrogens is 354 g/mol. The van der Waals surface area contributed by atoms with Crippen molar-refractivity contribution < 1.29 is 18.3 Å². The third kappa shape index (κ3) is 3.86. The highest BCUT2D eigenvalue weighted by Gasteiger charge is 2.28. The van der Waals surface area contributed by atoms with E-state index in [2.05, 4.69) is 10.4 Å². The van der Waals surface area contributed by atoms with Gasteiger partial charge in [0.2, 0.25) is 0 Å². The number of rotatable bonds is 3. The van der Waals surface area contributed by atoms with Gasteiger partial charge in [-0.25, -0.2) is 8.78 Å². The summed E-state index contributed by atoms with van der Waals surface area (Å²) >= 11 is 0. The molecule has 8 heteroatoms. The third-order valence-corrected chi connectivity index (χ3v) is 5.14. The Labute approximate surface area is 156 Å². The van der Waals surface area contributed by atoms with Gasteiger partial charge in [-0.05, 0) is 43.1 Å². The Morgan fingerprint density at radius 1 is 1.26 bits per heavy atom. The Morgan fingerprint density at radius 2 is 2.15 bits per heavy atom. The van der Waals surface area contributed by atoms with Crippen molar-refractivity contribution in [3.63, 3.8) is 0 Å². The van der Waals surface area contributed by atoms with E-state index in [1.807, 2.05) is 10.9 Å². The molecule has 0 bridgehead atoms. The second-order valence-corrected chi connectivity index (χ2v) is 6.97. The van der Waals surface area contributed by atoms with Crippen LogP contribution in [0.15, 0.2) is 30.5 Å². The molecule has 0 aliphatic carbocycles. The summed E-state index contributed by atoms with van der Waals surface area (Å²) in [6, 6.07) is 5.69. The number of carbonyl (C=O) groups is 1. The summed E-state index contributed by atoms with van der Waals surface area (Å²) in [7, 11) is 0. The maximum atomic E-state index is 13.5. The number of piperidine rings is 1. The first-order valence-corrected chi connectivity index (χ1v) is 9.23. The fraction of sp³-hybridized carbons (Fsp3) is 0.474. The predicted octanol–water partition coefficient (Wildman–Crippen LogP) is 2.30. The van der Waals surface area contributed by atoms with Crippen LogP contribution in [-0.4, -0.2) is 53.4 Å². The Morgan fingerprint density at radius 3 is 2.93 bits per heavy atom. The van der Waals surface area contributed by atoms with Crippen LogP contribution in [0.5, 0.6) is 0 Å². The quantitative estimate of drug-likeness (QED) is 0.893. The van der Waals surface area contributed by atoms with E-state index in [9.17, 15) is 13.6 Å². The first-order chi connectivity index (χ1) is 13.1. The lowest BCUT2D eigenvalue weighted by atomic mass is 10.1. The van der Waals surface area contributed by atoms with E-state index in [4.69, 9.17) is 4.74 Å². The summed E-state index contributed by atoms with van der Waals surface area (Å²) in [5.41, 5.74) is 0.914. The van der Waals surface area contributed by atoms with Crippen LogP contribution in [0.1, 0.15) is 41.0 Å². The maximum absolute atomic E-state index is 13.5. The molecule has 2 fully saturated rings. The van der Waals surface area contributed by atoms with E-state index < -0.39 is 17.7 Å². The smallest absolute Gasteiger partial charge is 0.274 e. The average Bonchev–Trinajstić information content (AvgIpc) is 3.20. The largest absolute Gasteiger partial charge is 0.370 e. The number of aromatic nitrogens is 2. The number of hydrogen-bond acceptors (Lipinski definition) is 4. The van der Waals surface area contributed by atoms with Crippen molar-refractivity contribution in [3.8, 4) is 0 Å². The van der Waals surface area contributed by atoms with Crippen LogP contribution < -0.4 is 5.32 Å². The lowest BCUT2D eigenvalue weighted by Crippen LogP contribution is -2.42. The maximum Gasteiger partial charge on any atom is 0.274 e. The van der Waals surface area contributed by atoms with Gasteiger partial charge in [-0.1, -0.05) is 6.07 Å². The van der Waals surface area contributed by atoms with Crippen LogP contribution in [0.25, 0.3) is 0 Å². The highest BCUT2D eigenvalue weighted by molar-refractivity contribution is 5.92. The van der Waals surface area contributed by atoms with E-state index in [-0.39, 0.29) is 18.5 Å². The third-order valence-electron chi connectivity index (χ3n) is 5.14. The molecule has 1 aromatic heterocycles. The lowest BCUT2D eigenvalue weighted by molar-refractivity contribution is -0.0232. The van der Waals surface area contributed by atoms with Crippen molar-refractivity contribution in [2.45, 2.75) is 25.0 Å². The molecule has 2 unspecified atom stereocenters. The van der Waals surface area contributed by atoms with E-state index in [1.54, 1.807) is 11.0 Å². The minimum atomic E-state index is -0.917. The Kier molecular flexibility index (Phi) is 5.18. The summed E-state index contributed by atoms with van der Waals surface area (Å²) in [6.07, 6.45) is 3.49. The number of amides is 1. The Bertz CT molecular complexity index is 820. The molecular formula is C19H22F2N4O2. The van der Waals surface area contributed by atoms with Crippen LogP contribution in [0.2, 0.25) is 0 Å². The minimum absolute atomic E-state index is 0.173. The van der Waals surface area contributed by atoms with Crippen LogP contribution in [-0.2, 0) is 4.74 Å². The van der Waals surface area contributed by atoms with Gasteiger partial charge in [-0.2, -0.15) is 5.10 Å². The molecule has 2 aliphatic rings. The molecule has 1 amide bonds. The molecule has 2 aromatic rings. The molecule has 27 heavy (non-hydrogen) atoms. The van der Waals surface area contributed by atoms with Crippen LogP contribution >= 0.6 is 0 Å². The standard InChI is InChI=1S/C19H22F2N4O2/c20-15-4-3-13(10-16(15)21)18-12-24(8-9-27-18)19(26)17-5-7-25(23-17)14-2-1-6-22-11-14/h3-5,7,10,14,18,22H,1-2,6,8-9,11-12H2. The Hall–Kier alpha value is -2.32. The highest BCUT2D eigenvalue weighted by atomic mass is 19.2. The predicted molar refractivity (Wildman–Crippen MR) is 94.3 cm³/mol. The van der Waals surface area contributed by atoms with E-state index in [0.717, 1.165) is 38.1 Å². The van der Waals surface area contributed by atoms with Gasteiger partial charge >= 0.3 is 0 Å². The van der Waals surface area contributed by atoms with Gasteiger partial charge in [0, 0.05) is 19.3 Å². The number of ether oxygens (including phenoxy) is 1. The molecule has 2 atom stereocenters. The number of morpholine rings is 1. The molecule has 1 N–H and O–H groups in total. The van der Waals surface area contributed by atoms with Crippen LogP contribution in [0, 0.1) is 11.6 Å². The fourth-order valence-corrected chi connectivity index (χ4v) is 3.62. The number of carbonyl (C=O) groups excluding carboxylic acids is 1. The van der Waals surface area contributed by atoms with Gasteiger partial charge < -0.3 is 15.0 Å². The molecule has 1 aromatic carbocycles. The number of benzene rings is 1. The number of nitrogens with one attached hydrogen (secondary N) is 1. The van der Waals surface area contributed by atoms with Crippen molar-refractivity contribution in [2.24, 2.45) is 0 Å². The minimum Gasteiger partial charge on any atom is -0.370 e. The Balaban J connectivity index is 1.45. The van der Waals surface area contributed by atoms with Gasteiger partial charge in [0.25, 0.3) is 5.91 Å². The molecule has 0 radical (unpaired) electrons. The SMILES string of the molecule is O=C(c1ccn(C2CCCNC2)n1)N1CCOC(c2ccc(F)c(F)c2)C1. The molecule has 4 rings (SSSR count). The molecule has 144 valence electrons. The van der Waals surface area contributed by atoms with Crippen molar-refractivity contribution >= 4 is 5.91 Å². The molecule has 0 saturated carbocycles. The van der Waals surface area contributed by atoms with Crippen molar-refractivity contribution in [1.82, 2.24) is 20.0 Å². The fourth-order valence-electron chi connectivity index (χ4n) is 3.62. The molecule has 3 heterocycles. The zero-order chi connectivity index (χ0) is 18.8. The zero-order valence-corrected chi connectivity index (χ0v) is 14.9. The van der Waals surface area contributed by atoms with Crippen molar-refractivity contribution in [1.29, 1.82) is 0 Å². The van der Waals surface area contributed by atoms with Crippen molar-refractivity contribution in [3.05, 3.63) is 53.4 Å². The monoisotopic (exact) mass is 376 g/mol. The second kappa shape index (κ2) is 7.74. The van der Waals surface area contributed by atoms with E-state index in [0.29, 0.717) is 24.4 Å². The van der Waals surface area contributed by atoms with E-state index >= 15 is 0 Å². The number of nitrogens with zero attached hydrogens (tertiary/aromatic N) is 3. The van der Waals surface area contributed by atoms with Crippen molar-refractivity contribution in [2.75, 3.05) is 32.8 Å². The van der Waals surface area contributed by atoms with Gasteiger partial charge in [-0.3, -0.25) is 9.48 Å². The van der Waals surface area contributed by atoms with Gasteiger partial charge in [-0.15, -0.1) is 0 Å². The van der Waals surface area contributed by atoms with Crippen LogP contribution in [0.4, 0.5) is 8.78 Å². The summed E-state index contributed by atoms with van der Waals surface area (Å²) in [5.74, 6) is -1.99. The van der Waals surface area contributed by atoms with Crippen LogP contribution in [0.3, 0.4) is 0 Å². The average molecular weight is 376 g/mol. The first kappa shape index (κ1) is 18.1. The first-order valence-electron chi connectivity index (χ1n) is 9.23. The lowest BCUT2D eigenvalue weighted by Gasteiger charge is -2.32. The second-order valence-electron chi connectivity index (χ2n) is 6.97. The van der Waals surface area contributed by atoms with E-state index in [1.165, 1.54) is 6.07 Å². The molecule has 6 nitrogen and oxygen atoms in total. The molecule has 2 saturated heterocycles. The number of halogens is 2. The van der Waals surface area contributed by atoms with Gasteiger partial charge in [0.1, 0.15) is 11.8 Å².